The van der Waals surface area contributed by atoms with Crippen LogP contribution in [0.15, 0.2) is 12.2 Å². The maximum Gasteiger partial charge on any atom is 0.339 e. The molecule has 0 aliphatic carbocycles. The molecule has 0 bridgehead atoms. The summed E-state index contributed by atoms with van der Waals surface area (Å²) in [6.07, 6.45) is 2.87. The maximum atomic E-state index is 17.3. The predicted octanol–water partition coefficient (Wildman–Crippen LogP) is 3.78. The molecule has 23 heteroatoms. The highest BCUT2D eigenvalue weighted by atomic mass is 19.1. The standard InChI is InChI=1S/C60H109FN2O20/c1-4-6-8-10-12-14-16-18-19-21-23-25-27-29-31-33-46(71)63-40(41(68)32-30-28-26-24-22-20-17-15-13-11-9-7-5-2)38-79-57-53(76)52(75)54(45(37-66)81-57)82-58-51(74)47(50(73)44(36-65)80-58)56(61)60(59(77)78)34-42(69)48(62-39(3)67)55(83-60)49(72)43(70)35-64/h30,32,40-45,47-58,64-66,68-70,72-76H,4-29,31,33-38H2,1-3H3,(H,62,67)(H,63,71)(H,77,78)/b32-30+/t40-,41+,42-,43+,44+,45+,47-,48+,49+,50-,51+,52+,53+,54+,55+,56+,57+,58-,60-/m0/s1. The summed E-state index contributed by atoms with van der Waals surface area (Å²) in [4.78, 5) is 38.5. The van der Waals surface area contributed by atoms with E-state index in [-0.39, 0.29) is 12.3 Å². The van der Waals surface area contributed by atoms with Crippen molar-refractivity contribution in [1.29, 1.82) is 0 Å². The van der Waals surface area contributed by atoms with Crippen LogP contribution in [0.4, 0.5) is 4.39 Å². The monoisotopic (exact) mass is 1200 g/mol. The zero-order chi connectivity index (χ0) is 61.3. The van der Waals surface area contributed by atoms with Gasteiger partial charge in [-0.3, -0.25) is 9.59 Å². The lowest BCUT2D eigenvalue weighted by atomic mass is 9.73. The van der Waals surface area contributed by atoms with Crippen molar-refractivity contribution in [2.75, 3.05) is 26.4 Å². The molecule has 486 valence electrons. The van der Waals surface area contributed by atoms with Crippen LogP contribution in [0.25, 0.3) is 0 Å². The summed E-state index contributed by atoms with van der Waals surface area (Å²) in [5.41, 5.74) is -3.29. The van der Waals surface area contributed by atoms with Gasteiger partial charge in [0, 0.05) is 19.8 Å². The molecule has 3 fully saturated rings. The number of carbonyl (C=O) groups is 3. The normalized spacial score (nSPS) is 30.4. The number of allylic oxidation sites excluding steroid dienone is 1. The van der Waals surface area contributed by atoms with Crippen molar-refractivity contribution in [1.82, 2.24) is 10.6 Å². The zero-order valence-corrected chi connectivity index (χ0v) is 49.9. The Morgan fingerprint density at radius 3 is 1.64 bits per heavy atom. The Balaban J connectivity index is 1.69. The number of carboxylic acids is 1. The minimum absolute atomic E-state index is 0.188. The number of carboxylic acid groups (broad SMARTS) is 1. The Morgan fingerprint density at radius 1 is 0.663 bits per heavy atom. The average molecular weight is 1200 g/mol. The highest BCUT2D eigenvalue weighted by Gasteiger charge is 2.64. The molecular weight excluding hydrogens is 1090 g/mol. The molecule has 0 aromatic carbocycles. The quantitative estimate of drug-likeness (QED) is 0.0305. The van der Waals surface area contributed by atoms with Crippen molar-refractivity contribution in [2.24, 2.45) is 5.92 Å². The van der Waals surface area contributed by atoms with Crippen molar-refractivity contribution in [3.05, 3.63) is 12.2 Å². The van der Waals surface area contributed by atoms with Gasteiger partial charge >= 0.3 is 5.97 Å². The fraction of sp³-hybridized carbons (Fsp3) is 0.917. The molecule has 22 nitrogen and oxygen atoms in total. The van der Waals surface area contributed by atoms with Gasteiger partial charge in [0.15, 0.2) is 18.2 Å². The van der Waals surface area contributed by atoms with Crippen molar-refractivity contribution in [2.45, 2.75) is 317 Å². The van der Waals surface area contributed by atoms with E-state index in [1.54, 1.807) is 6.08 Å². The van der Waals surface area contributed by atoms with Gasteiger partial charge < -0.3 is 95.6 Å². The number of ether oxygens (including phenoxy) is 5. The smallest absolute Gasteiger partial charge is 0.339 e. The molecule has 83 heavy (non-hydrogen) atoms. The molecule has 0 aromatic heterocycles. The highest BCUT2D eigenvalue weighted by Crippen LogP contribution is 2.44. The molecule has 14 N–H and O–H groups in total. The van der Waals surface area contributed by atoms with Crippen LogP contribution in [0.3, 0.4) is 0 Å². The highest BCUT2D eigenvalue weighted by molar-refractivity contribution is 5.79. The fourth-order valence-corrected chi connectivity index (χ4v) is 11.5. The Kier molecular flexibility index (Phi) is 37.4. The number of nitrogens with one attached hydrogen (secondary N) is 2. The van der Waals surface area contributed by atoms with E-state index in [1.165, 1.54) is 116 Å². The molecule has 0 unspecified atom stereocenters. The summed E-state index contributed by atoms with van der Waals surface area (Å²) in [5, 5.41) is 136. The third-order valence-electron chi connectivity index (χ3n) is 16.6. The van der Waals surface area contributed by atoms with Gasteiger partial charge in [-0.2, -0.15) is 0 Å². The average Bonchev–Trinajstić information content (AvgIpc) is 1.75. The summed E-state index contributed by atoms with van der Waals surface area (Å²) in [5.74, 6) is -5.64. The number of hydrogen-bond donors (Lipinski definition) is 14. The van der Waals surface area contributed by atoms with Crippen molar-refractivity contribution < 1.29 is 104 Å². The molecule has 3 rings (SSSR count). The minimum Gasteiger partial charge on any atom is -0.479 e. The number of hydrogen-bond acceptors (Lipinski definition) is 19. The number of carbonyl (C=O) groups excluding carboxylic acids is 2. The first kappa shape index (κ1) is 74.7. The Morgan fingerprint density at radius 2 is 1.16 bits per heavy atom. The largest absolute Gasteiger partial charge is 0.479 e. The number of aliphatic hydroxyl groups is 11. The second-order valence-electron chi connectivity index (χ2n) is 23.5. The number of rotatable bonds is 45. The molecule has 3 saturated heterocycles. The summed E-state index contributed by atoms with van der Waals surface area (Å²) < 4.78 is 46.1. The molecule has 0 aromatic rings. The maximum absolute atomic E-state index is 17.3. The second kappa shape index (κ2) is 41.6. The number of unbranched alkanes of at least 4 members (excludes halogenated alkanes) is 25. The topological polar surface area (TPSA) is 364 Å². The third-order valence-corrected chi connectivity index (χ3v) is 16.6. The van der Waals surface area contributed by atoms with Crippen molar-refractivity contribution in [3.63, 3.8) is 0 Å². The molecule has 19 atom stereocenters. The number of halogens is 1. The second-order valence-corrected chi connectivity index (χ2v) is 23.5. The van der Waals surface area contributed by atoms with Crippen molar-refractivity contribution >= 4 is 17.8 Å². The molecule has 3 aliphatic heterocycles. The molecule has 0 spiro atoms. The molecule has 3 heterocycles. The van der Waals surface area contributed by atoms with Crippen molar-refractivity contribution in [3.8, 4) is 0 Å². The zero-order valence-electron chi connectivity index (χ0n) is 49.9. The molecule has 0 radical (unpaired) electrons. The lowest BCUT2D eigenvalue weighted by Crippen LogP contribution is -2.72. The third kappa shape index (κ3) is 24.9. The van der Waals surface area contributed by atoms with E-state index in [0.29, 0.717) is 12.8 Å². The first-order valence-corrected chi connectivity index (χ1v) is 31.5. The van der Waals surface area contributed by atoms with Gasteiger partial charge in [0.25, 0.3) is 0 Å². The minimum atomic E-state index is -3.29. The molecule has 2 amide bonds. The van der Waals surface area contributed by atoms with Crippen LogP contribution in [0.5, 0.6) is 0 Å². The Labute approximate surface area is 491 Å². The van der Waals surface area contributed by atoms with E-state index >= 15 is 4.39 Å². The van der Waals surface area contributed by atoms with Gasteiger partial charge in [-0.15, -0.1) is 0 Å². The van der Waals surface area contributed by atoms with Crippen LogP contribution >= 0.6 is 0 Å². The van der Waals surface area contributed by atoms with E-state index < -0.39 is 160 Å². The summed E-state index contributed by atoms with van der Waals surface area (Å²) in [6.45, 7) is 1.83. The fourth-order valence-electron chi connectivity index (χ4n) is 11.5. The predicted molar refractivity (Wildman–Crippen MR) is 305 cm³/mol. The SMILES string of the molecule is CCCCCCCCCCCCC/C=C/[C@@H](O)[C@H](CO[C@@H]1O[C@H](CO)[C@@H](O[C@@H]2O[C@H](CO)[C@H](O)[C@H]([C@@H](F)[C@]3(C(=O)O)C[C@H](O)[C@@H](NC(C)=O)[C@H]([C@H](O)[C@H](O)CO)O3)[C@H]2O)[C@H](O)[C@H]1O)NC(=O)CCCCCCCCCCCCCCCCC. The number of alkyl halides is 1. The number of aliphatic hydroxyl groups excluding tert-OH is 11. The number of aliphatic carboxylic acids is 1. The van der Waals surface area contributed by atoms with Crippen LogP contribution in [-0.4, -0.2) is 215 Å². The summed E-state index contributed by atoms with van der Waals surface area (Å²) >= 11 is 0. The summed E-state index contributed by atoms with van der Waals surface area (Å²) in [7, 11) is 0. The Hall–Kier alpha value is -2.56. The molecule has 3 aliphatic rings. The van der Waals surface area contributed by atoms with Gasteiger partial charge in [-0.1, -0.05) is 180 Å². The van der Waals surface area contributed by atoms with Crippen LogP contribution < -0.4 is 10.6 Å². The first-order chi connectivity index (χ1) is 39.8. The van der Waals surface area contributed by atoms with Crippen LogP contribution in [0, 0.1) is 5.92 Å². The van der Waals surface area contributed by atoms with Crippen LogP contribution in [0.1, 0.15) is 207 Å². The van der Waals surface area contributed by atoms with Gasteiger partial charge in [-0.05, 0) is 19.3 Å². The van der Waals surface area contributed by atoms with Gasteiger partial charge in [0.05, 0.1) is 62.7 Å². The van der Waals surface area contributed by atoms with Gasteiger partial charge in [0.2, 0.25) is 11.8 Å². The molecular formula is C60H109FN2O20. The number of amides is 2. The van der Waals surface area contributed by atoms with Gasteiger partial charge in [-0.25, -0.2) is 9.18 Å². The lowest BCUT2D eigenvalue weighted by molar-refractivity contribution is -0.362. The van der Waals surface area contributed by atoms with E-state index in [1.807, 2.05) is 6.08 Å². The lowest BCUT2D eigenvalue weighted by Gasteiger charge is -2.52. The Bertz CT molecular complexity index is 1780. The molecule has 0 saturated carbocycles. The van der Waals surface area contributed by atoms with E-state index in [2.05, 4.69) is 24.5 Å². The van der Waals surface area contributed by atoms with E-state index in [9.17, 15) is 75.7 Å². The summed E-state index contributed by atoms with van der Waals surface area (Å²) in [6, 6.07) is -2.73. The first-order valence-electron chi connectivity index (χ1n) is 31.5. The van der Waals surface area contributed by atoms with Crippen LogP contribution in [-0.2, 0) is 38.1 Å². The van der Waals surface area contributed by atoms with E-state index in [4.69, 9.17) is 23.7 Å². The van der Waals surface area contributed by atoms with Crippen LogP contribution in [0.2, 0.25) is 0 Å². The van der Waals surface area contributed by atoms with Gasteiger partial charge in [0.1, 0.15) is 61.1 Å². The van der Waals surface area contributed by atoms with E-state index in [0.717, 1.165) is 51.9 Å².